The van der Waals surface area contributed by atoms with Crippen LogP contribution in [0.2, 0.25) is 5.02 Å². The van der Waals surface area contributed by atoms with E-state index in [0.29, 0.717) is 17.6 Å². The van der Waals surface area contributed by atoms with Gasteiger partial charge in [-0.2, -0.15) is 0 Å². The van der Waals surface area contributed by atoms with Crippen LogP contribution in [-0.2, 0) is 11.3 Å². The summed E-state index contributed by atoms with van der Waals surface area (Å²) in [5.74, 6) is -0.213. The van der Waals surface area contributed by atoms with E-state index >= 15 is 0 Å². The van der Waals surface area contributed by atoms with Gasteiger partial charge < -0.3 is 4.74 Å². The molecule has 0 radical (unpaired) electrons. The van der Waals surface area contributed by atoms with Crippen molar-refractivity contribution in [1.29, 1.82) is 0 Å². The number of benzene rings is 1. The van der Waals surface area contributed by atoms with E-state index in [1.54, 1.807) is 12.1 Å². The summed E-state index contributed by atoms with van der Waals surface area (Å²) in [6, 6.07) is 5.37. The van der Waals surface area contributed by atoms with Crippen LogP contribution in [0.3, 0.4) is 0 Å². The van der Waals surface area contributed by atoms with Crippen molar-refractivity contribution in [2.45, 2.75) is 12.6 Å². The molecule has 0 amide bonds. The fourth-order valence-electron chi connectivity index (χ4n) is 2.85. The molecule has 2 aliphatic rings. The minimum Gasteiger partial charge on any atom is -0.378 e. The van der Waals surface area contributed by atoms with E-state index in [0.717, 1.165) is 45.0 Å². The summed E-state index contributed by atoms with van der Waals surface area (Å²) in [4.78, 5) is 4.76. The average molecular weight is 285 g/mol. The quantitative estimate of drug-likeness (QED) is 0.826. The van der Waals surface area contributed by atoms with Gasteiger partial charge in [0.1, 0.15) is 5.82 Å². The van der Waals surface area contributed by atoms with E-state index in [1.165, 1.54) is 6.07 Å². The van der Waals surface area contributed by atoms with Gasteiger partial charge in [0.2, 0.25) is 0 Å². The second kappa shape index (κ2) is 5.75. The Labute approximate surface area is 117 Å². The first kappa shape index (κ1) is 13.3. The molecule has 0 bridgehead atoms. The smallest absolute Gasteiger partial charge is 0.129 e. The van der Waals surface area contributed by atoms with Gasteiger partial charge in [0, 0.05) is 49.4 Å². The molecule has 0 unspecified atom stereocenters. The number of rotatable bonds is 2. The average Bonchev–Trinajstić information content (AvgIpc) is 2.42. The molecule has 19 heavy (non-hydrogen) atoms. The summed E-state index contributed by atoms with van der Waals surface area (Å²) in [6.07, 6.45) is 0. The van der Waals surface area contributed by atoms with Crippen molar-refractivity contribution in [2.75, 3.05) is 39.4 Å². The summed E-state index contributed by atoms with van der Waals surface area (Å²) < 4.78 is 19.3. The van der Waals surface area contributed by atoms with Crippen LogP contribution in [0.15, 0.2) is 18.2 Å². The molecule has 1 atom stereocenters. The van der Waals surface area contributed by atoms with Crippen molar-refractivity contribution in [3.05, 3.63) is 34.6 Å². The highest BCUT2D eigenvalue weighted by atomic mass is 35.5. The number of halogens is 2. The topological polar surface area (TPSA) is 15.7 Å². The van der Waals surface area contributed by atoms with Crippen LogP contribution in [0.25, 0.3) is 0 Å². The maximum Gasteiger partial charge on any atom is 0.129 e. The number of hydrogen-bond donors (Lipinski definition) is 0. The normalized spacial score (nSPS) is 25.3. The Morgan fingerprint density at radius 3 is 3.05 bits per heavy atom. The molecule has 0 saturated carbocycles. The molecular weight excluding hydrogens is 267 g/mol. The zero-order valence-electron chi connectivity index (χ0n) is 10.8. The number of nitrogens with zero attached hydrogens (tertiary/aromatic N) is 2. The summed E-state index contributed by atoms with van der Waals surface area (Å²) >= 11 is 5.77. The Morgan fingerprint density at radius 2 is 2.21 bits per heavy atom. The monoisotopic (exact) mass is 284 g/mol. The van der Waals surface area contributed by atoms with Crippen LogP contribution in [0, 0.1) is 5.82 Å². The van der Waals surface area contributed by atoms with E-state index in [-0.39, 0.29) is 5.82 Å². The van der Waals surface area contributed by atoms with Crippen molar-refractivity contribution < 1.29 is 9.13 Å². The number of fused-ring (bicyclic) bond motifs is 1. The predicted molar refractivity (Wildman–Crippen MR) is 72.9 cm³/mol. The second-order valence-corrected chi connectivity index (χ2v) is 5.67. The lowest BCUT2D eigenvalue weighted by atomic mass is 10.1. The third-order valence-corrected chi connectivity index (χ3v) is 4.17. The third kappa shape index (κ3) is 3.08. The van der Waals surface area contributed by atoms with Gasteiger partial charge >= 0.3 is 0 Å². The maximum atomic E-state index is 13.8. The molecule has 2 aliphatic heterocycles. The molecule has 2 heterocycles. The van der Waals surface area contributed by atoms with Crippen LogP contribution in [0.1, 0.15) is 5.56 Å². The zero-order valence-corrected chi connectivity index (χ0v) is 11.6. The Bertz CT molecular complexity index is 457. The molecule has 0 aromatic heterocycles. The first-order valence-electron chi connectivity index (χ1n) is 6.70. The molecule has 0 N–H and O–H groups in total. The number of morpholine rings is 1. The highest BCUT2D eigenvalue weighted by molar-refractivity contribution is 6.30. The van der Waals surface area contributed by atoms with E-state index in [4.69, 9.17) is 16.3 Å². The Balaban J connectivity index is 1.64. The molecule has 2 saturated heterocycles. The molecule has 1 aromatic carbocycles. The molecule has 2 fully saturated rings. The largest absolute Gasteiger partial charge is 0.378 e. The van der Waals surface area contributed by atoms with E-state index in [2.05, 4.69) is 9.80 Å². The highest BCUT2D eigenvalue weighted by Gasteiger charge is 2.29. The lowest BCUT2D eigenvalue weighted by Gasteiger charge is -2.43. The van der Waals surface area contributed by atoms with Gasteiger partial charge in [-0.3, -0.25) is 9.80 Å². The minimum atomic E-state index is -0.213. The molecular formula is C14H18ClFN2O. The van der Waals surface area contributed by atoms with Gasteiger partial charge in [0.25, 0.3) is 0 Å². The fourth-order valence-corrected chi connectivity index (χ4v) is 3.00. The van der Waals surface area contributed by atoms with Gasteiger partial charge in [0.05, 0.1) is 13.2 Å². The van der Waals surface area contributed by atoms with Crippen molar-refractivity contribution >= 4 is 11.6 Å². The molecule has 1 aromatic rings. The van der Waals surface area contributed by atoms with Gasteiger partial charge in [0.15, 0.2) is 0 Å². The summed E-state index contributed by atoms with van der Waals surface area (Å²) in [7, 11) is 0. The first-order chi connectivity index (χ1) is 9.22. The molecule has 5 heteroatoms. The summed E-state index contributed by atoms with van der Waals surface area (Å²) in [5, 5.41) is 0.451. The van der Waals surface area contributed by atoms with Gasteiger partial charge in [-0.1, -0.05) is 17.7 Å². The third-order valence-electron chi connectivity index (χ3n) is 3.93. The van der Waals surface area contributed by atoms with Crippen molar-refractivity contribution in [3.8, 4) is 0 Å². The number of hydrogen-bond acceptors (Lipinski definition) is 3. The minimum absolute atomic E-state index is 0.213. The molecule has 3 nitrogen and oxygen atoms in total. The summed E-state index contributed by atoms with van der Waals surface area (Å²) in [6.45, 7) is 6.27. The van der Waals surface area contributed by atoms with Crippen LogP contribution in [0.4, 0.5) is 4.39 Å². The number of piperazine rings is 1. The lowest BCUT2D eigenvalue weighted by Crippen LogP contribution is -2.57. The van der Waals surface area contributed by atoms with Gasteiger partial charge in [-0.15, -0.1) is 0 Å². The van der Waals surface area contributed by atoms with Gasteiger partial charge in [-0.25, -0.2) is 4.39 Å². The predicted octanol–water partition coefficient (Wildman–Crippen LogP) is 2.00. The van der Waals surface area contributed by atoms with Crippen molar-refractivity contribution in [1.82, 2.24) is 9.80 Å². The van der Waals surface area contributed by atoms with Crippen LogP contribution >= 0.6 is 11.6 Å². The molecule has 0 aliphatic carbocycles. The van der Waals surface area contributed by atoms with Gasteiger partial charge in [-0.05, 0) is 12.1 Å². The Hall–Kier alpha value is -0.680. The Kier molecular flexibility index (Phi) is 4.03. The first-order valence-corrected chi connectivity index (χ1v) is 7.08. The van der Waals surface area contributed by atoms with E-state index < -0.39 is 0 Å². The lowest BCUT2D eigenvalue weighted by molar-refractivity contribution is -0.0463. The van der Waals surface area contributed by atoms with Crippen LogP contribution in [0.5, 0.6) is 0 Å². The van der Waals surface area contributed by atoms with E-state index in [9.17, 15) is 4.39 Å². The van der Waals surface area contributed by atoms with Crippen LogP contribution < -0.4 is 0 Å². The zero-order chi connectivity index (χ0) is 13.2. The van der Waals surface area contributed by atoms with Crippen molar-refractivity contribution in [2.24, 2.45) is 0 Å². The fraction of sp³-hybridized carbons (Fsp3) is 0.571. The standard InChI is InChI=1S/C14H18ClFN2O/c15-12-2-1-11(14(16)7-12)8-17-3-4-18-5-6-19-10-13(18)9-17/h1-2,7,13H,3-6,8-10H2/t13-/m0/s1. The van der Waals surface area contributed by atoms with Crippen LogP contribution in [-0.4, -0.2) is 55.2 Å². The molecule has 3 rings (SSSR count). The highest BCUT2D eigenvalue weighted by Crippen LogP contribution is 2.19. The summed E-state index contributed by atoms with van der Waals surface area (Å²) in [5.41, 5.74) is 0.717. The van der Waals surface area contributed by atoms with Crippen molar-refractivity contribution in [3.63, 3.8) is 0 Å². The number of ether oxygens (including phenoxy) is 1. The molecule has 104 valence electrons. The SMILES string of the molecule is Fc1cc(Cl)ccc1CN1CCN2CCOC[C@@H]2C1. The maximum absolute atomic E-state index is 13.8. The molecule has 0 spiro atoms. The Morgan fingerprint density at radius 1 is 1.32 bits per heavy atom. The van der Waals surface area contributed by atoms with E-state index in [1.807, 2.05) is 0 Å². The second-order valence-electron chi connectivity index (χ2n) is 5.24.